The Morgan fingerprint density at radius 2 is 1.78 bits per heavy atom. The molecular weight excluding hydrogens is 306 g/mol. The van der Waals surface area contributed by atoms with Crippen molar-refractivity contribution in [3.05, 3.63) is 78.1 Å². The molecule has 0 spiro atoms. The molecule has 0 N–H and O–H groups in total. The minimum Gasteiger partial charge on any atom is -0.279 e. The van der Waals surface area contributed by atoms with Crippen molar-refractivity contribution in [1.29, 1.82) is 5.26 Å². The van der Waals surface area contributed by atoms with Gasteiger partial charge in [-0.2, -0.15) is 5.26 Å². The largest absolute Gasteiger partial charge is 0.279 e. The molecular formula is C18H11N3OS. The van der Waals surface area contributed by atoms with Crippen molar-refractivity contribution >= 4 is 16.9 Å². The molecule has 0 aliphatic rings. The fourth-order valence-corrected chi connectivity index (χ4v) is 2.77. The van der Waals surface area contributed by atoms with Gasteiger partial charge in [0.2, 0.25) is 5.12 Å². The van der Waals surface area contributed by atoms with Gasteiger partial charge in [-0.25, -0.2) is 4.98 Å². The fraction of sp³-hybridized carbons (Fsp3) is 0. The molecule has 0 saturated carbocycles. The third-order valence-corrected chi connectivity index (χ3v) is 4.01. The lowest BCUT2D eigenvalue weighted by Crippen LogP contribution is -1.99. The Labute approximate surface area is 137 Å². The van der Waals surface area contributed by atoms with Crippen LogP contribution in [0.25, 0.3) is 11.3 Å². The summed E-state index contributed by atoms with van der Waals surface area (Å²) in [7, 11) is 0. The van der Waals surface area contributed by atoms with Gasteiger partial charge < -0.3 is 0 Å². The maximum absolute atomic E-state index is 12.3. The number of thioether (sulfide) groups is 1. The maximum atomic E-state index is 12.3. The Morgan fingerprint density at radius 1 is 1.00 bits per heavy atom. The Bertz CT molecular complexity index is 874. The van der Waals surface area contributed by atoms with Crippen LogP contribution in [0.3, 0.4) is 0 Å². The molecule has 0 saturated heterocycles. The maximum Gasteiger partial charge on any atom is 0.243 e. The van der Waals surface area contributed by atoms with Gasteiger partial charge in [-0.1, -0.05) is 36.4 Å². The van der Waals surface area contributed by atoms with Crippen LogP contribution in [0.15, 0.2) is 71.9 Å². The van der Waals surface area contributed by atoms with Gasteiger partial charge in [0.05, 0.1) is 11.3 Å². The minimum absolute atomic E-state index is 0.236. The van der Waals surface area contributed by atoms with E-state index in [9.17, 15) is 10.1 Å². The zero-order valence-electron chi connectivity index (χ0n) is 12.0. The number of nitriles is 1. The van der Waals surface area contributed by atoms with Gasteiger partial charge in [0, 0.05) is 11.8 Å². The molecule has 0 radical (unpaired) electrons. The minimum atomic E-state index is -0.236. The standard InChI is InChI=1S/C18H11N3OS/c19-12-14-9-10-15(13-6-2-1-3-7-13)21-17(14)23-18(22)16-8-4-5-11-20-16/h1-11H. The molecule has 2 heterocycles. The molecule has 0 aliphatic heterocycles. The summed E-state index contributed by atoms with van der Waals surface area (Å²) in [5.74, 6) is 0. The number of carbonyl (C=O) groups excluding carboxylic acids is 1. The van der Waals surface area contributed by atoms with Crippen LogP contribution < -0.4 is 0 Å². The summed E-state index contributed by atoms with van der Waals surface area (Å²) in [6.45, 7) is 0. The van der Waals surface area contributed by atoms with E-state index in [1.54, 1.807) is 36.5 Å². The summed E-state index contributed by atoms with van der Waals surface area (Å²) in [4.78, 5) is 20.8. The molecule has 0 unspecified atom stereocenters. The number of aromatic nitrogens is 2. The molecule has 110 valence electrons. The Kier molecular flexibility index (Phi) is 4.46. The number of hydrogen-bond acceptors (Lipinski definition) is 5. The summed E-state index contributed by atoms with van der Waals surface area (Å²) in [5, 5.41) is 9.39. The second-order valence-electron chi connectivity index (χ2n) is 4.63. The average Bonchev–Trinajstić information content (AvgIpc) is 2.63. The molecule has 3 aromatic rings. The summed E-state index contributed by atoms with van der Waals surface area (Å²) < 4.78 is 0. The van der Waals surface area contributed by atoms with E-state index in [1.165, 1.54) is 0 Å². The van der Waals surface area contributed by atoms with Crippen LogP contribution in [0.2, 0.25) is 0 Å². The SMILES string of the molecule is N#Cc1ccc(-c2ccccc2)nc1SC(=O)c1ccccn1. The summed E-state index contributed by atoms with van der Waals surface area (Å²) in [6.07, 6.45) is 1.56. The van der Waals surface area contributed by atoms with Crippen molar-refractivity contribution in [2.75, 3.05) is 0 Å². The van der Waals surface area contributed by atoms with Crippen molar-refractivity contribution in [3.8, 4) is 17.3 Å². The van der Waals surface area contributed by atoms with E-state index in [4.69, 9.17) is 0 Å². The van der Waals surface area contributed by atoms with Crippen molar-refractivity contribution in [1.82, 2.24) is 9.97 Å². The van der Waals surface area contributed by atoms with Gasteiger partial charge in [0.1, 0.15) is 16.8 Å². The lowest BCUT2D eigenvalue weighted by atomic mass is 10.1. The second-order valence-corrected chi connectivity index (χ2v) is 5.59. The Hall–Kier alpha value is -2.97. The highest BCUT2D eigenvalue weighted by Crippen LogP contribution is 2.27. The number of rotatable bonds is 3. The van der Waals surface area contributed by atoms with Gasteiger partial charge in [-0.15, -0.1) is 0 Å². The van der Waals surface area contributed by atoms with E-state index in [-0.39, 0.29) is 5.12 Å². The summed E-state index contributed by atoms with van der Waals surface area (Å²) >= 11 is 0.922. The highest BCUT2D eigenvalue weighted by molar-refractivity contribution is 8.14. The highest BCUT2D eigenvalue weighted by Gasteiger charge is 2.15. The van der Waals surface area contributed by atoms with Crippen molar-refractivity contribution < 1.29 is 4.79 Å². The first-order valence-corrected chi connectivity index (χ1v) is 7.69. The normalized spacial score (nSPS) is 10.0. The van der Waals surface area contributed by atoms with E-state index in [0.29, 0.717) is 16.3 Å². The van der Waals surface area contributed by atoms with Gasteiger partial charge in [0.15, 0.2) is 0 Å². The molecule has 4 nitrogen and oxygen atoms in total. The molecule has 0 aliphatic carbocycles. The third-order valence-electron chi connectivity index (χ3n) is 3.11. The topological polar surface area (TPSA) is 66.6 Å². The first-order valence-electron chi connectivity index (χ1n) is 6.88. The third kappa shape index (κ3) is 3.44. The van der Waals surface area contributed by atoms with Crippen LogP contribution in [0.1, 0.15) is 16.1 Å². The second kappa shape index (κ2) is 6.86. The van der Waals surface area contributed by atoms with Crippen LogP contribution in [-0.2, 0) is 0 Å². The number of benzene rings is 1. The van der Waals surface area contributed by atoms with E-state index in [1.807, 2.05) is 30.3 Å². The molecule has 0 amide bonds. The van der Waals surface area contributed by atoms with E-state index >= 15 is 0 Å². The number of carbonyl (C=O) groups is 1. The van der Waals surface area contributed by atoms with Gasteiger partial charge in [0.25, 0.3) is 0 Å². The summed E-state index contributed by atoms with van der Waals surface area (Å²) in [5.41, 5.74) is 2.37. The molecule has 0 fully saturated rings. The van der Waals surface area contributed by atoms with E-state index in [2.05, 4.69) is 16.0 Å². The average molecular weight is 317 g/mol. The van der Waals surface area contributed by atoms with Crippen LogP contribution in [0.5, 0.6) is 0 Å². The monoisotopic (exact) mass is 317 g/mol. The molecule has 23 heavy (non-hydrogen) atoms. The first-order chi connectivity index (χ1) is 11.3. The number of pyridine rings is 2. The molecule has 0 atom stereocenters. The quantitative estimate of drug-likeness (QED) is 0.684. The van der Waals surface area contributed by atoms with Gasteiger partial charge in [-0.3, -0.25) is 9.78 Å². The lowest BCUT2D eigenvalue weighted by molar-refractivity contribution is 0.108. The lowest BCUT2D eigenvalue weighted by Gasteiger charge is -2.06. The molecule has 3 rings (SSSR count). The number of hydrogen-bond donors (Lipinski definition) is 0. The number of nitrogens with zero attached hydrogens (tertiary/aromatic N) is 3. The van der Waals surface area contributed by atoms with E-state index in [0.717, 1.165) is 23.0 Å². The van der Waals surface area contributed by atoms with Crippen LogP contribution in [0, 0.1) is 11.3 Å². The molecule has 5 heteroatoms. The zero-order valence-corrected chi connectivity index (χ0v) is 12.8. The summed E-state index contributed by atoms with van der Waals surface area (Å²) in [6, 6.07) is 20.3. The molecule has 1 aromatic carbocycles. The Morgan fingerprint density at radius 3 is 2.48 bits per heavy atom. The van der Waals surface area contributed by atoms with E-state index < -0.39 is 0 Å². The van der Waals surface area contributed by atoms with Gasteiger partial charge >= 0.3 is 0 Å². The highest BCUT2D eigenvalue weighted by atomic mass is 32.2. The Balaban J connectivity index is 1.95. The van der Waals surface area contributed by atoms with Crippen LogP contribution in [0.4, 0.5) is 0 Å². The predicted octanol–water partition coefficient (Wildman–Crippen LogP) is 3.95. The molecule has 0 bridgehead atoms. The smallest absolute Gasteiger partial charge is 0.243 e. The zero-order chi connectivity index (χ0) is 16.1. The van der Waals surface area contributed by atoms with Crippen molar-refractivity contribution in [2.24, 2.45) is 0 Å². The van der Waals surface area contributed by atoms with Crippen molar-refractivity contribution in [3.63, 3.8) is 0 Å². The predicted molar refractivity (Wildman–Crippen MR) is 88.8 cm³/mol. The van der Waals surface area contributed by atoms with Crippen LogP contribution in [-0.4, -0.2) is 15.1 Å². The van der Waals surface area contributed by atoms with Crippen LogP contribution >= 0.6 is 11.8 Å². The van der Waals surface area contributed by atoms with Crippen molar-refractivity contribution in [2.45, 2.75) is 5.03 Å². The first kappa shape index (κ1) is 14.9. The van der Waals surface area contributed by atoms with Gasteiger partial charge in [-0.05, 0) is 36.0 Å². The fourth-order valence-electron chi connectivity index (χ4n) is 2.00. The molecule has 2 aromatic heterocycles.